The lowest BCUT2D eigenvalue weighted by Gasteiger charge is -2.33. The number of hydrogen-bond acceptors (Lipinski definition) is 5. The number of fused-ring (bicyclic) bond motifs is 1. The van der Waals surface area contributed by atoms with E-state index in [0.717, 1.165) is 55.7 Å². The highest BCUT2D eigenvalue weighted by molar-refractivity contribution is 5.90. The number of nitrogens with zero attached hydrogens (tertiary/aromatic N) is 3. The predicted octanol–water partition coefficient (Wildman–Crippen LogP) is 1.58. The second kappa shape index (κ2) is 7.70. The van der Waals surface area contributed by atoms with Gasteiger partial charge in [-0.2, -0.15) is 0 Å². The van der Waals surface area contributed by atoms with Crippen LogP contribution in [-0.4, -0.2) is 53.6 Å². The van der Waals surface area contributed by atoms with Crippen LogP contribution in [-0.2, 0) is 16.0 Å². The summed E-state index contributed by atoms with van der Waals surface area (Å²) in [7, 11) is 0. The van der Waals surface area contributed by atoms with Crippen molar-refractivity contribution in [2.45, 2.75) is 38.1 Å². The van der Waals surface area contributed by atoms with Gasteiger partial charge < -0.3 is 15.5 Å². The number of amides is 2. The Labute approximate surface area is 176 Å². The average molecular weight is 406 g/mol. The van der Waals surface area contributed by atoms with Gasteiger partial charge in [-0.3, -0.25) is 19.6 Å². The zero-order valence-corrected chi connectivity index (χ0v) is 17.0. The fourth-order valence-electron chi connectivity index (χ4n) is 4.95. The van der Waals surface area contributed by atoms with Crippen molar-refractivity contribution >= 4 is 18.0 Å². The Morgan fingerprint density at radius 2 is 2.03 bits per heavy atom. The Morgan fingerprint density at radius 3 is 2.83 bits per heavy atom. The molecule has 0 bridgehead atoms. The zero-order valence-electron chi connectivity index (χ0n) is 17.0. The van der Waals surface area contributed by atoms with Gasteiger partial charge in [-0.15, -0.1) is 0 Å². The van der Waals surface area contributed by atoms with Gasteiger partial charge in [-0.1, -0.05) is 6.08 Å². The molecule has 2 amide bonds. The van der Waals surface area contributed by atoms with E-state index in [1.807, 2.05) is 23.2 Å². The molecule has 1 aliphatic carbocycles. The number of carbonyl (C=O) groups is 2. The third-order valence-electron chi connectivity index (χ3n) is 7.05. The first-order valence-electron chi connectivity index (χ1n) is 10.8. The topological polar surface area (TPSA) is 86.7 Å². The number of aliphatic imine (C=N–C) groups is 1. The number of pyridine rings is 1. The molecule has 0 radical (unpaired) electrons. The Bertz CT molecular complexity index is 928. The highest BCUT2D eigenvalue weighted by Crippen LogP contribution is 2.59. The van der Waals surface area contributed by atoms with Gasteiger partial charge in [0.1, 0.15) is 6.04 Å². The van der Waals surface area contributed by atoms with Crippen molar-refractivity contribution in [3.05, 3.63) is 53.6 Å². The molecule has 2 unspecified atom stereocenters. The summed E-state index contributed by atoms with van der Waals surface area (Å²) >= 11 is 0. The first kappa shape index (κ1) is 19.0. The third kappa shape index (κ3) is 3.76. The number of allylic oxidation sites excluding steroid dienone is 1. The quantitative estimate of drug-likeness (QED) is 0.779. The number of likely N-dealkylation sites (tertiary alicyclic amines) is 1. The van der Waals surface area contributed by atoms with E-state index in [4.69, 9.17) is 0 Å². The summed E-state index contributed by atoms with van der Waals surface area (Å²) in [6.07, 6.45) is 13.5. The van der Waals surface area contributed by atoms with Gasteiger partial charge in [-0.05, 0) is 54.7 Å². The molecule has 4 aliphatic rings. The Kier molecular flexibility index (Phi) is 4.89. The van der Waals surface area contributed by atoms with Gasteiger partial charge in [0, 0.05) is 43.8 Å². The van der Waals surface area contributed by atoms with E-state index in [1.165, 1.54) is 0 Å². The lowest BCUT2D eigenvalue weighted by molar-refractivity contribution is -0.132. The standard InChI is InChI=1S/C23H27N5O2/c29-21(11-16-3-7-24-8-4-16)28-9-5-23(6-10-28)12-18(23)14-26-22(30)19-2-1-17-13-25-15-20(17)27-19/h1,3-4,7-8,13,15,18-19,27H,2,5-6,9-12,14H2,(H,26,30). The van der Waals surface area contributed by atoms with Crippen molar-refractivity contribution in [3.8, 4) is 0 Å². The number of rotatable bonds is 5. The molecule has 0 aromatic carbocycles. The van der Waals surface area contributed by atoms with Crippen LogP contribution in [0.25, 0.3) is 0 Å². The van der Waals surface area contributed by atoms with Crippen molar-refractivity contribution in [1.29, 1.82) is 0 Å². The van der Waals surface area contributed by atoms with Gasteiger partial charge >= 0.3 is 0 Å². The second-order valence-corrected chi connectivity index (χ2v) is 8.83. The predicted molar refractivity (Wildman–Crippen MR) is 114 cm³/mol. The lowest BCUT2D eigenvalue weighted by Crippen LogP contribution is -2.46. The maximum Gasteiger partial charge on any atom is 0.242 e. The second-order valence-electron chi connectivity index (χ2n) is 8.83. The van der Waals surface area contributed by atoms with Gasteiger partial charge in [0.15, 0.2) is 0 Å². The van der Waals surface area contributed by atoms with Crippen LogP contribution in [0.5, 0.6) is 0 Å². The van der Waals surface area contributed by atoms with Gasteiger partial charge in [0.25, 0.3) is 0 Å². The van der Waals surface area contributed by atoms with Crippen LogP contribution in [0.1, 0.15) is 31.2 Å². The molecule has 30 heavy (non-hydrogen) atoms. The van der Waals surface area contributed by atoms with Gasteiger partial charge in [0.05, 0.1) is 18.3 Å². The first-order valence-corrected chi connectivity index (χ1v) is 10.8. The van der Waals surface area contributed by atoms with E-state index in [9.17, 15) is 9.59 Å². The third-order valence-corrected chi connectivity index (χ3v) is 7.05. The molecule has 2 fully saturated rings. The van der Waals surface area contributed by atoms with E-state index in [-0.39, 0.29) is 17.9 Å². The smallest absolute Gasteiger partial charge is 0.242 e. The van der Waals surface area contributed by atoms with Crippen LogP contribution in [0.2, 0.25) is 0 Å². The van der Waals surface area contributed by atoms with Crippen molar-refractivity contribution in [3.63, 3.8) is 0 Å². The lowest BCUT2D eigenvalue weighted by atomic mass is 9.90. The number of aromatic nitrogens is 1. The molecule has 2 atom stereocenters. The summed E-state index contributed by atoms with van der Waals surface area (Å²) in [6.45, 7) is 2.37. The molecule has 1 spiro atoms. The summed E-state index contributed by atoms with van der Waals surface area (Å²) in [6, 6.07) is 3.58. The first-order chi connectivity index (χ1) is 14.6. The molecule has 7 nitrogen and oxygen atoms in total. The fraction of sp³-hybridized carbons (Fsp3) is 0.478. The molecule has 5 rings (SSSR count). The highest BCUT2D eigenvalue weighted by atomic mass is 16.2. The van der Waals surface area contributed by atoms with Crippen molar-refractivity contribution in [2.24, 2.45) is 16.3 Å². The number of piperidine rings is 1. The SMILES string of the molecule is O=C(NCC1CC12CCN(C(=O)Cc1ccncc1)CC2)C1CC=C2C=NC=C2N1. The normalized spacial score (nSPS) is 25.8. The molecule has 156 valence electrons. The monoisotopic (exact) mass is 405 g/mol. The molecular formula is C23H27N5O2. The van der Waals surface area contributed by atoms with Crippen molar-refractivity contribution in [1.82, 2.24) is 20.5 Å². The van der Waals surface area contributed by atoms with E-state index >= 15 is 0 Å². The maximum atomic E-state index is 12.6. The molecular weight excluding hydrogens is 378 g/mol. The Morgan fingerprint density at radius 1 is 1.23 bits per heavy atom. The van der Waals surface area contributed by atoms with Crippen LogP contribution < -0.4 is 10.6 Å². The van der Waals surface area contributed by atoms with Crippen molar-refractivity contribution in [2.75, 3.05) is 19.6 Å². The highest BCUT2D eigenvalue weighted by Gasteiger charge is 2.54. The average Bonchev–Trinajstić information content (AvgIpc) is 3.21. The van der Waals surface area contributed by atoms with Crippen LogP contribution in [0.3, 0.4) is 0 Å². The summed E-state index contributed by atoms with van der Waals surface area (Å²) < 4.78 is 0. The Hall–Kier alpha value is -2.96. The van der Waals surface area contributed by atoms with Gasteiger partial charge in [0.2, 0.25) is 11.8 Å². The summed E-state index contributed by atoms with van der Waals surface area (Å²) in [5.41, 5.74) is 3.34. The van der Waals surface area contributed by atoms with Gasteiger partial charge in [-0.25, -0.2) is 0 Å². The molecule has 1 aromatic rings. The summed E-state index contributed by atoms with van der Waals surface area (Å²) in [5.74, 6) is 0.787. The Balaban J connectivity index is 1.06. The number of nitrogens with one attached hydrogen (secondary N) is 2. The number of hydrogen-bond donors (Lipinski definition) is 2. The molecule has 1 saturated heterocycles. The van der Waals surface area contributed by atoms with Crippen LogP contribution in [0, 0.1) is 11.3 Å². The van der Waals surface area contributed by atoms with Crippen LogP contribution in [0.15, 0.2) is 53.1 Å². The summed E-state index contributed by atoms with van der Waals surface area (Å²) in [4.78, 5) is 35.3. The van der Waals surface area contributed by atoms with E-state index < -0.39 is 0 Å². The molecule has 3 aliphatic heterocycles. The summed E-state index contributed by atoms with van der Waals surface area (Å²) in [5, 5.41) is 6.42. The number of carbonyl (C=O) groups excluding carboxylic acids is 2. The van der Waals surface area contributed by atoms with Crippen molar-refractivity contribution < 1.29 is 9.59 Å². The minimum atomic E-state index is -0.218. The molecule has 4 heterocycles. The molecule has 1 aromatic heterocycles. The molecule has 1 saturated carbocycles. The van der Waals surface area contributed by atoms with Crippen LogP contribution in [0.4, 0.5) is 0 Å². The maximum absolute atomic E-state index is 12.6. The van der Waals surface area contributed by atoms with E-state index in [2.05, 4.69) is 26.7 Å². The minimum Gasteiger partial charge on any atom is -0.372 e. The zero-order chi connectivity index (χ0) is 20.6. The molecule has 2 N–H and O–H groups in total. The van der Waals surface area contributed by atoms with Crippen LogP contribution >= 0.6 is 0 Å². The minimum absolute atomic E-state index is 0.0603. The largest absolute Gasteiger partial charge is 0.372 e. The molecule has 7 heteroatoms. The van der Waals surface area contributed by atoms with E-state index in [1.54, 1.807) is 18.6 Å². The van der Waals surface area contributed by atoms with E-state index in [0.29, 0.717) is 24.2 Å². The fourth-order valence-corrected chi connectivity index (χ4v) is 4.95.